The summed E-state index contributed by atoms with van der Waals surface area (Å²) in [6.45, 7) is 3.02. The van der Waals surface area contributed by atoms with Crippen molar-refractivity contribution in [2.24, 2.45) is 0 Å². The van der Waals surface area contributed by atoms with Gasteiger partial charge in [0.25, 0.3) is 0 Å². The first-order chi connectivity index (χ1) is 5.48. The fraction of sp³-hybridized carbons (Fsp3) is 0.857. The van der Waals surface area contributed by atoms with Crippen molar-refractivity contribution in [3.63, 3.8) is 0 Å². The molecule has 0 aliphatic heterocycles. The van der Waals surface area contributed by atoms with Gasteiger partial charge in [-0.05, 0) is 6.42 Å². The Kier molecular flexibility index (Phi) is 4.89. The average Bonchev–Trinajstić information content (AvgIpc) is 1.85. The number of ether oxygens (including phenoxy) is 1. The van der Waals surface area contributed by atoms with Crippen LogP contribution in [0, 0.1) is 0 Å². The van der Waals surface area contributed by atoms with Crippen LogP contribution >= 0.6 is 0 Å². The molecule has 0 fully saturated rings. The Bertz CT molecular complexity index is 230. The van der Waals surface area contributed by atoms with E-state index < -0.39 is 15.8 Å². The fourth-order valence-corrected chi connectivity index (χ4v) is 1.89. The average molecular weight is 194 g/mol. The van der Waals surface area contributed by atoms with Crippen LogP contribution in [0.25, 0.3) is 0 Å². The van der Waals surface area contributed by atoms with Gasteiger partial charge in [-0.15, -0.1) is 0 Å². The Hall–Kier alpha value is -0.580. The number of hydrogen-bond acceptors (Lipinski definition) is 4. The molecule has 0 unspecified atom stereocenters. The Morgan fingerprint density at radius 3 is 2.33 bits per heavy atom. The number of esters is 1. The molecule has 0 bridgehead atoms. The quantitative estimate of drug-likeness (QED) is 0.593. The van der Waals surface area contributed by atoms with Gasteiger partial charge in [0.1, 0.15) is 6.61 Å². The lowest BCUT2D eigenvalue weighted by Gasteiger charge is -2.02. The van der Waals surface area contributed by atoms with E-state index in [1.54, 1.807) is 6.92 Å². The van der Waals surface area contributed by atoms with E-state index in [1.807, 2.05) is 0 Å². The third kappa shape index (κ3) is 6.15. The molecule has 0 aromatic heterocycles. The van der Waals surface area contributed by atoms with E-state index in [-0.39, 0.29) is 18.1 Å². The van der Waals surface area contributed by atoms with Crippen LogP contribution in [0.2, 0.25) is 0 Å². The summed E-state index contributed by atoms with van der Waals surface area (Å²) in [5.41, 5.74) is 0. The topological polar surface area (TPSA) is 60.4 Å². The van der Waals surface area contributed by atoms with E-state index in [4.69, 9.17) is 0 Å². The van der Waals surface area contributed by atoms with E-state index in [2.05, 4.69) is 4.74 Å². The van der Waals surface area contributed by atoms with E-state index in [1.165, 1.54) is 6.92 Å². The molecule has 0 saturated heterocycles. The van der Waals surface area contributed by atoms with Crippen molar-refractivity contribution in [2.45, 2.75) is 20.3 Å². The van der Waals surface area contributed by atoms with E-state index in [0.717, 1.165) is 0 Å². The standard InChI is InChI=1S/C7H14O4S/c1-3-5-12(9,10)6-4-11-7(2)8/h3-6H2,1-2H3. The minimum Gasteiger partial charge on any atom is -0.465 e. The summed E-state index contributed by atoms with van der Waals surface area (Å²) >= 11 is 0. The second-order valence-electron chi connectivity index (χ2n) is 2.49. The predicted octanol–water partition coefficient (Wildman–Crippen LogP) is 0.374. The lowest BCUT2D eigenvalue weighted by molar-refractivity contribution is -0.140. The summed E-state index contributed by atoms with van der Waals surface area (Å²) in [7, 11) is -3.00. The maximum Gasteiger partial charge on any atom is 0.302 e. The van der Waals surface area contributed by atoms with Crippen molar-refractivity contribution in [1.82, 2.24) is 0 Å². The molecule has 0 aliphatic rings. The fourth-order valence-electron chi connectivity index (χ4n) is 0.725. The Labute approximate surface area is 72.8 Å². The van der Waals surface area contributed by atoms with Gasteiger partial charge in [-0.1, -0.05) is 6.92 Å². The first-order valence-electron chi connectivity index (χ1n) is 3.81. The van der Waals surface area contributed by atoms with E-state index in [9.17, 15) is 13.2 Å². The Morgan fingerprint density at radius 1 is 1.33 bits per heavy atom. The third-order valence-corrected chi connectivity index (χ3v) is 3.03. The smallest absolute Gasteiger partial charge is 0.302 e. The van der Waals surface area contributed by atoms with Gasteiger partial charge in [0.05, 0.1) is 11.5 Å². The summed E-state index contributed by atoms with van der Waals surface area (Å²) in [5, 5.41) is 0. The molecule has 0 spiro atoms. The first kappa shape index (κ1) is 11.4. The summed E-state index contributed by atoms with van der Waals surface area (Å²) in [4.78, 5) is 10.3. The highest BCUT2D eigenvalue weighted by atomic mass is 32.2. The zero-order valence-corrected chi connectivity index (χ0v) is 8.19. The molecule has 4 nitrogen and oxygen atoms in total. The molecule has 0 rings (SSSR count). The van der Waals surface area contributed by atoms with Gasteiger partial charge < -0.3 is 4.74 Å². The molecule has 5 heteroatoms. The summed E-state index contributed by atoms with van der Waals surface area (Å²) in [6.07, 6.45) is 0.600. The van der Waals surface area contributed by atoms with Crippen LogP contribution in [-0.2, 0) is 19.4 Å². The van der Waals surface area contributed by atoms with Crippen molar-refractivity contribution in [1.29, 1.82) is 0 Å². The molecule has 0 aromatic carbocycles. The van der Waals surface area contributed by atoms with E-state index >= 15 is 0 Å². The number of sulfone groups is 1. The van der Waals surface area contributed by atoms with Crippen molar-refractivity contribution < 1.29 is 17.9 Å². The molecule has 0 aliphatic carbocycles. The molecule has 72 valence electrons. The highest BCUT2D eigenvalue weighted by Crippen LogP contribution is 1.93. The van der Waals surface area contributed by atoms with Crippen molar-refractivity contribution in [3.05, 3.63) is 0 Å². The summed E-state index contributed by atoms with van der Waals surface area (Å²) < 4.78 is 26.5. The minimum absolute atomic E-state index is 0.0301. The summed E-state index contributed by atoms with van der Waals surface area (Å²) in [6, 6.07) is 0. The number of carbonyl (C=O) groups excluding carboxylic acids is 1. The lowest BCUT2D eigenvalue weighted by atomic mass is 10.6. The van der Waals surface area contributed by atoms with Crippen molar-refractivity contribution in [3.8, 4) is 0 Å². The van der Waals surface area contributed by atoms with Crippen LogP contribution in [0.3, 0.4) is 0 Å². The van der Waals surface area contributed by atoms with Gasteiger partial charge in [-0.2, -0.15) is 0 Å². The normalized spacial score (nSPS) is 11.2. The highest BCUT2D eigenvalue weighted by molar-refractivity contribution is 7.91. The second kappa shape index (κ2) is 5.13. The molecular formula is C7H14O4S. The van der Waals surface area contributed by atoms with Crippen LogP contribution in [0.5, 0.6) is 0 Å². The molecule has 0 amide bonds. The molecule has 12 heavy (non-hydrogen) atoms. The SMILES string of the molecule is CCCS(=O)(=O)CCOC(C)=O. The van der Waals surface area contributed by atoms with Gasteiger partial charge in [0.15, 0.2) is 9.84 Å². The summed E-state index contributed by atoms with van der Waals surface area (Å²) in [5.74, 6) is -0.351. The van der Waals surface area contributed by atoms with Crippen LogP contribution < -0.4 is 0 Å². The monoisotopic (exact) mass is 194 g/mol. The van der Waals surface area contributed by atoms with Crippen LogP contribution in [0.4, 0.5) is 0 Å². The van der Waals surface area contributed by atoms with Crippen LogP contribution in [-0.4, -0.2) is 32.5 Å². The minimum atomic E-state index is -3.00. The highest BCUT2D eigenvalue weighted by Gasteiger charge is 2.09. The number of carbonyl (C=O) groups is 1. The second-order valence-corrected chi connectivity index (χ2v) is 4.80. The van der Waals surface area contributed by atoms with Gasteiger partial charge in [-0.25, -0.2) is 8.42 Å². The van der Waals surface area contributed by atoms with Crippen molar-refractivity contribution >= 4 is 15.8 Å². The third-order valence-electron chi connectivity index (χ3n) is 1.21. The predicted molar refractivity (Wildman–Crippen MR) is 45.6 cm³/mol. The zero-order chi connectivity index (χ0) is 9.61. The van der Waals surface area contributed by atoms with Gasteiger partial charge >= 0.3 is 5.97 Å². The molecule has 0 saturated carbocycles. The molecule has 0 radical (unpaired) electrons. The van der Waals surface area contributed by atoms with Gasteiger partial charge in [0.2, 0.25) is 0 Å². The lowest BCUT2D eigenvalue weighted by Crippen LogP contribution is -2.16. The van der Waals surface area contributed by atoms with Crippen molar-refractivity contribution in [2.75, 3.05) is 18.1 Å². The maximum absolute atomic E-state index is 11.0. The molecule has 0 N–H and O–H groups in total. The van der Waals surface area contributed by atoms with E-state index in [0.29, 0.717) is 6.42 Å². The molecule has 0 atom stereocenters. The molecular weight excluding hydrogens is 180 g/mol. The first-order valence-corrected chi connectivity index (χ1v) is 5.64. The number of hydrogen-bond donors (Lipinski definition) is 0. The number of rotatable bonds is 5. The molecule has 0 heterocycles. The largest absolute Gasteiger partial charge is 0.465 e. The van der Waals surface area contributed by atoms with Gasteiger partial charge in [-0.3, -0.25) is 4.79 Å². The zero-order valence-electron chi connectivity index (χ0n) is 7.37. The van der Waals surface area contributed by atoms with Gasteiger partial charge in [0, 0.05) is 6.92 Å². The maximum atomic E-state index is 11.0. The Morgan fingerprint density at radius 2 is 1.92 bits per heavy atom. The van der Waals surface area contributed by atoms with Crippen LogP contribution in [0.1, 0.15) is 20.3 Å². The molecule has 0 aromatic rings. The Balaban J connectivity index is 3.69. The van der Waals surface area contributed by atoms with Crippen LogP contribution in [0.15, 0.2) is 0 Å².